The fourth-order valence-electron chi connectivity index (χ4n) is 2.47. The molecule has 0 unspecified atom stereocenters. The van der Waals surface area contributed by atoms with Gasteiger partial charge in [-0.1, -0.05) is 30.3 Å². The zero-order valence-corrected chi connectivity index (χ0v) is 15.1. The number of nitrogens with one attached hydrogen (secondary N) is 1. The molecule has 0 aromatic heterocycles. The van der Waals surface area contributed by atoms with Gasteiger partial charge in [-0.2, -0.15) is 0 Å². The van der Waals surface area contributed by atoms with Crippen molar-refractivity contribution in [3.63, 3.8) is 0 Å². The summed E-state index contributed by atoms with van der Waals surface area (Å²) in [6.07, 6.45) is 0. The molecule has 0 aliphatic rings. The molecule has 0 atom stereocenters. The SMILES string of the molecule is COc1ccc(C(=O)Nc2ccccc2F)cc1CSc1ccccc1. The molecule has 0 spiro atoms. The van der Waals surface area contributed by atoms with Gasteiger partial charge in [-0.3, -0.25) is 4.79 Å². The molecular formula is C21H18FNO2S. The van der Waals surface area contributed by atoms with E-state index >= 15 is 0 Å². The van der Waals surface area contributed by atoms with Gasteiger partial charge in [0.15, 0.2) is 0 Å². The number of benzene rings is 3. The molecule has 132 valence electrons. The van der Waals surface area contributed by atoms with Crippen LogP contribution in [-0.4, -0.2) is 13.0 Å². The highest BCUT2D eigenvalue weighted by atomic mass is 32.2. The predicted molar refractivity (Wildman–Crippen MR) is 103 cm³/mol. The molecule has 5 heteroatoms. The predicted octanol–water partition coefficient (Wildman–Crippen LogP) is 5.38. The Balaban J connectivity index is 1.78. The molecule has 3 nitrogen and oxygen atoms in total. The summed E-state index contributed by atoms with van der Waals surface area (Å²) in [4.78, 5) is 13.6. The fraction of sp³-hybridized carbons (Fsp3) is 0.0952. The molecule has 0 fully saturated rings. The van der Waals surface area contributed by atoms with E-state index in [0.717, 1.165) is 16.2 Å². The average molecular weight is 367 g/mol. The van der Waals surface area contributed by atoms with Crippen molar-refractivity contribution in [1.82, 2.24) is 0 Å². The van der Waals surface area contributed by atoms with Crippen molar-refractivity contribution >= 4 is 23.4 Å². The molecule has 0 saturated heterocycles. The van der Waals surface area contributed by atoms with Crippen LogP contribution in [0, 0.1) is 5.82 Å². The lowest BCUT2D eigenvalue weighted by molar-refractivity contribution is 0.102. The molecule has 0 saturated carbocycles. The molecule has 1 amide bonds. The minimum absolute atomic E-state index is 0.161. The molecule has 0 aliphatic heterocycles. The Bertz CT molecular complexity index is 900. The number of carbonyl (C=O) groups is 1. The van der Waals surface area contributed by atoms with E-state index in [1.165, 1.54) is 12.1 Å². The van der Waals surface area contributed by atoms with Gasteiger partial charge in [-0.15, -0.1) is 11.8 Å². The molecule has 0 heterocycles. The largest absolute Gasteiger partial charge is 0.496 e. The van der Waals surface area contributed by atoms with Crippen LogP contribution >= 0.6 is 11.8 Å². The van der Waals surface area contributed by atoms with Gasteiger partial charge in [-0.05, 0) is 42.5 Å². The summed E-state index contributed by atoms with van der Waals surface area (Å²) < 4.78 is 19.1. The molecule has 0 radical (unpaired) electrons. The van der Waals surface area contributed by atoms with Gasteiger partial charge >= 0.3 is 0 Å². The number of para-hydroxylation sites is 1. The third kappa shape index (κ3) is 4.43. The second kappa shape index (κ2) is 8.54. The Morgan fingerprint density at radius 1 is 1.04 bits per heavy atom. The molecule has 1 N–H and O–H groups in total. The van der Waals surface area contributed by atoms with Crippen molar-refractivity contribution in [3.05, 3.63) is 89.7 Å². The summed E-state index contributed by atoms with van der Waals surface area (Å²) in [5.41, 5.74) is 1.52. The lowest BCUT2D eigenvalue weighted by Gasteiger charge is -2.11. The van der Waals surface area contributed by atoms with E-state index in [-0.39, 0.29) is 11.6 Å². The topological polar surface area (TPSA) is 38.3 Å². The van der Waals surface area contributed by atoms with Crippen LogP contribution in [0.25, 0.3) is 0 Å². The number of anilines is 1. The van der Waals surface area contributed by atoms with Gasteiger partial charge in [0.2, 0.25) is 0 Å². The third-order valence-electron chi connectivity index (χ3n) is 3.80. The lowest BCUT2D eigenvalue weighted by Crippen LogP contribution is -2.13. The number of ether oxygens (including phenoxy) is 1. The molecule has 3 aromatic carbocycles. The van der Waals surface area contributed by atoms with Crippen molar-refractivity contribution in [1.29, 1.82) is 0 Å². The van der Waals surface area contributed by atoms with Crippen molar-refractivity contribution in [2.24, 2.45) is 0 Å². The van der Waals surface area contributed by atoms with Crippen molar-refractivity contribution in [2.75, 3.05) is 12.4 Å². The molecule has 0 aliphatic carbocycles. The van der Waals surface area contributed by atoms with E-state index in [9.17, 15) is 9.18 Å². The Hall–Kier alpha value is -2.79. The van der Waals surface area contributed by atoms with Crippen molar-refractivity contribution < 1.29 is 13.9 Å². The minimum Gasteiger partial charge on any atom is -0.496 e. The molecule has 0 bridgehead atoms. The van der Waals surface area contributed by atoms with Crippen LogP contribution in [0.15, 0.2) is 77.7 Å². The van der Waals surface area contributed by atoms with Gasteiger partial charge in [0.25, 0.3) is 5.91 Å². The summed E-state index contributed by atoms with van der Waals surface area (Å²) in [6.45, 7) is 0. The number of amides is 1. The number of halogens is 1. The lowest BCUT2D eigenvalue weighted by atomic mass is 10.1. The maximum absolute atomic E-state index is 13.7. The Morgan fingerprint density at radius 3 is 2.50 bits per heavy atom. The summed E-state index contributed by atoms with van der Waals surface area (Å²) in [7, 11) is 1.60. The minimum atomic E-state index is -0.464. The number of carbonyl (C=O) groups excluding carboxylic acids is 1. The standard InChI is InChI=1S/C21H18FNO2S/c1-25-20-12-11-15(21(24)23-19-10-6-5-9-18(19)22)13-16(20)14-26-17-7-3-2-4-8-17/h2-13H,14H2,1H3,(H,23,24). The number of methoxy groups -OCH3 is 1. The molecule has 3 aromatic rings. The number of hydrogen-bond acceptors (Lipinski definition) is 3. The van der Waals surface area contributed by atoms with E-state index < -0.39 is 5.82 Å². The quantitative estimate of drug-likeness (QED) is 0.595. The highest BCUT2D eigenvalue weighted by Crippen LogP contribution is 2.29. The van der Waals surface area contributed by atoms with Crippen LogP contribution in [0.1, 0.15) is 15.9 Å². The smallest absolute Gasteiger partial charge is 0.255 e. The van der Waals surface area contributed by atoms with Crippen LogP contribution in [0.4, 0.5) is 10.1 Å². The Kier molecular flexibility index (Phi) is 5.92. The highest BCUT2D eigenvalue weighted by Gasteiger charge is 2.12. The van der Waals surface area contributed by atoms with Crippen molar-refractivity contribution in [3.8, 4) is 5.75 Å². The van der Waals surface area contributed by atoms with Gasteiger partial charge in [0.1, 0.15) is 11.6 Å². The van der Waals surface area contributed by atoms with E-state index in [2.05, 4.69) is 5.32 Å². The Labute approximate surface area is 156 Å². The fourth-order valence-corrected chi connectivity index (χ4v) is 3.36. The van der Waals surface area contributed by atoms with Crippen LogP contribution in [0.3, 0.4) is 0 Å². The Morgan fingerprint density at radius 2 is 1.77 bits per heavy atom. The zero-order valence-electron chi connectivity index (χ0n) is 14.2. The first kappa shape index (κ1) is 18.0. The van der Waals surface area contributed by atoms with E-state index in [0.29, 0.717) is 11.3 Å². The van der Waals surface area contributed by atoms with Crippen molar-refractivity contribution in [2.45, 2.75) is 10.6 Å². The number of rotatable bonds is 6. The van der Waals surface area contributed by atoms with Crippen LogP contribution in [0.5, 0.6) is 5.75 Å². The zero-order chi connectivity index (χ0) is 18.4. The number of thioether (sulfide) groups is 1. The summed E-state index contributed by atoms with van der Waals surface area (Å²) in [5.74, 6) is 0.558. The van der Waals surface area contributed by atoms with Gasteiger partial charge < -0.3 is 10.1 Å². The second-order valence-electron chi connectivity index (χ2n) is 5.56. The molecular weight excluding hydrogens is 349 g/mol. The summed E-state index contributed by atoms with van der Waals surface area (Å²) in [6, 6.07) is 21.3. The molecule has 26 heavy (non-hydrogen) atoms. The van der Waals surface area contributed by atoms with Gasteiger partial charge in [0, 0.05) is 21.8 Å². The summed E-state index contributed by atoms with van der Waals surface area (Å²) >= 11 is 1.66. The average Bonchev–Trinajstić information content (AvgIpc) is 2.68. The van der Waals surface area contributed by atoms with Crippen LogP contribution < -0.4 is 10.1 Å². The maximum Gasteiger partial charge on any atom is 0.255 e. The second-order valence-corrected chi connectivity index (χ2v) is 6.61. The molecule has 3 rings (SSSR count). The normalized spacial score (nSPS) is 10.4. The van der Waals surface area contributed by atoms with Crippen LogP contribution in [0.2, 0.25) is 0 Å². The van der Waals surface area contributed by atoms with E-state index in [4.69, 9.17) is 4.74 Å². The first-order valence-corrected chi connectivity index (χ1v) is 9.06. The maximum atomic E-state index is 13.7. The third-order valence-corrected chi connectivity index (χ3v) is 4.86. The highest BCUT2D eigenvalue weighted by molar-refractivity contribution is 7.98. The first-order valence-electron chi connectivity index (χ1n) is 8.08. The number of hydrogen-bond donors (Lipinski definition) is 1. The van der Waals surface area contributed by atoms with E-state index in [1.807, 2.05) is 30.3 Å². The van der Waals surface area contributed by atoms with Gasteiger partial charge in [0.05, 0.1) is 12.8 Å². The monoisotopic (exact) mass is 367 g/mol. The first-order chi connectivity index (χ1) is 12.7. The van der Waals surface area contributed by atoms with Crippen LogP contribution in [-0.2, 0) is 5.75 Å². The van der Waals surface area contributed by atoms with E-state index in [1.54, 1.807) is 49.2 Å². The van der Waals surface area contributed by atoms with Gasteiger partial charge in [-0.25, -0.2) is 4.39 Å². The summed E-state index contributed by atoms with van der Waals surface area (Å²) in [5, 5.41) is 2.60.